The Bertz CT molecular complexity index is 435. The molecular formula is C16H22N2O. The maximum absolute atomic E-state index is 10.3. The summed E-state index contributed by atoms with van der Waals surface area (Å²) < 4.78 is 0. The summed E-state index contributed by atoms with van der Waals surface area (Å²) in [4.78, 5) is 0. The van der Waals surface area contributed by atoms with Crippen molar-refractivity contribution in [2.45, 2.75) is 44.8 Å². The highest BCUT2D eigenvalue weighted by molar-refractivity contribution is 5.32. The molecule has 3 atom stereocenters. The van der Waals surface area contributed by atoms with Gasteiger partial charge in [0.05, 0.1) is 17.7 Å². The monoisotopic (exact) mass is 258 g/mol. The van der Waals surface area contributed by atoms with Gasteiger partial charge in [-0.05, 0) is 49.4 Å². The lowest BCUT2D eigenvalue weighted by molar-refractivity contribution is 0.136. The largest absolute Gasteiger partial charge is 0.388 e. The van der Waals surface area contributed by atoms with Crippen molar-refractivity contribution >= 4 is 0 Å². The molecule has 2 N–H and O–H groups in total. The van der Waals surface area contributed by atoms with Crippen LogP contribution in [0.2, 0.25) is 0 Å². The number of aliphatic hydroxyl groups is 1. The fraction of sp³-hybridized carbons (Fsp3) is 0.562. The van der Waals surface area contributed by atoms with Crippen LogP contribution in [0.1, 0.15) is 49.8 Å². The Morgan fingerprint density at radius 3 is 2.79 bits per heavy atom. The molecule has 1 aromatic rings. The van der Waals surface area contributed by atoms with Crippen molar-refractivity contribution in [3.05, 3.63) is 35.4 Å². The predicted molar refractivity (Wildman–Crippen MR) is 75.5 cm³/mol. The van der Waals surface area contributed by atoms with Gasteiger partial charge in [0.2, 0.25) is 0 Å². The summed E-state index contributed by atoms with van der Waals surface area (Å²) in [7, 11) is 0. The Morgan fingerprint density at radius 1 is 1.42 bits per heavy atom. The summed E-state index contributed by atoms with van der Waals surface area (Å²) in [6, 6.07) is 9.73. The SMILES string of the molecule is CCC1CCNC(CC(O)c2ccc(C#N)cc2)C1. The molecule has 0 aliphatic carbocycles. The van der Waals surface area contributed by atoms with Crippen LogP contribution in [0, 0.1) is 17.2 Å². The molecule has 3 heteroatoms. The first kappa shape index (κ1) is 14.0. The fourth-order valence-corrected chi connectivity index (χ4v) is 2.83. The van der Waals surface area contributed by atoms with E-state index in [0.717, 1.165) is 30.9 Å². The van der Waals surface area contributed by atoms with Gasteiger partial charge in [0.15, 0.2) is 0 Å². The van der Waals surface area contributed by atoms with Crippen LogP contribution in [-0.4, -0.2) is 17.7 Å². The van der Waals surface area contributed by atoms with E-state index in [9.17, 15) is 5.11 Å². The summed E-state index contributed by atoms with van der Waals surface area (Å²) in [5.74, 6) is 0.791. The molecule has 1 aromatic carbocycles. The zero-order valence-electron chi connectivity index (χ0n) is 11.5. The number of nitrogens with one attached hydrogen (secondary N) is 1. The first-order valence-corrected chi connectivity index (χ1v) is 7.14. The second-order valence-corrected chi connectivity index (χ2v) is 5.44. The van der Waals surface area contributed by atoms with Gasteiger partial charge >= 0.3 is 0 Å². The van der Waals surface area contributed by atoms with Crippen molar-refractivity contribution < 1.29 is 5.11 Å². The second kappa shape index (κ2) is 6.70. The molecule has 0 spiro atoms. The average Bonchev–Trinajstić information content (AvgIpc) is 2.47. The molecule has 1 aliphatic heterocycles. The third-order valence-corrected chi connectivity index (χ3v) is 4.11. The number of aliphatic hydroxyl groups excluding tert-OH is 1. The molecule has 2 rings (SSSR count). The highest BCUT2D eigenvalue weighted by Gasteiger charge is 2.22. The predicted octanol–water partition coefficient (Wildman–Crippen LogP) is 2.76. The summed E-state index contributed by atoms with van der Waals surface area (Å²) >= 11 is 0. The van der Waals surface area contributed by atoms with Crippen LogP contribution in [0.3, 0.4) is 0 Å². The minimum absolute atomic E-state index is 0.407. The molecule has 1 heterocycles. The van der Waals surface area contributed by atoms with Crippen molar-refractivity contribution in [2.75, 3.05) is 6.54 Å². The van der Waals surface area contributed by atoms with E-state index >= 15 is 0 Å². The number of benzene rings is 1. The third-order valence-electron chi connectivity index (χ3n) is 4.11. The molecule has 1 fully saturated rings. The molecule has 3 nitrogen and oxygen atoms in total. The smallest absolute Gasteiger partial charge is 0.0991 e. The van der Waals surface area contributed by atoms with E-state index in [0.29, 0.717) is 11.6 Å². The molecular weight excluding hydrogens is 236 g/mol. The van der Waals surface area contributed by atoms with E-state index < -0.39 is 6.10 Å². The van der Waals surface area contributed by atoms with Gasteiger partial charge in [0.25, 0.3) is 0 Å². The van der Waals surface area contributed by atoms with E-state index in [-0.39, 0.29) is 0 Å². The summed E-state index contributed by atoms with van der Waals surface area (Å²) in [5.41, 5.74) is 1.54. The van der Waals surface area contributed by atoms with Gasteiger partial charge in [-0.25, -0.2) is 0 Å². The molecule has 1 aliphatic rings. The van der Waals surface area contributed by atoms with Crippen LogP contribution >= 0.6 is 0 Å². The molecule has 0 aromatic heterocycles. The van der Waals surface area contributed by atoms with Gasteiger partial charge in [0.1, 0.15) is 0 Å². The van der Waals surface area contributed by atoms with Gasteiger partial charge in [-0.3, -0.25) is 0 Å². The topological polar surface area (TPSA) is 56.0 Å². The van der Waals surface area contributed by atoms with E-state index in [1.165, 1.54) is 12.8 Å². The van der Waals surface area contributed by atoms with Crippen molar-refractivity contribution in [1.29, 1.82) is 5.26 Å². The average molecular weight is 258 g/mol. The van der Waals surface area contributed by atoms with Gasteiger partial charge in [-0.15, -0.1) is 0 Å². The quantitative estimate of drug-likeness (QED) is 0.873. The lowest BCUT2D eigenvalue weighted by Gasteiger charge is -2.31. The molecule has 19 heavy (non-hydrogen) atoms. The Labute approximate surface area is 115 Å². The number of nitrogens with zero attached hydrogens (tertiary/aromatic N) is 1. The van der Waals surface area contributed by atoms with Crippen LogP contribution in [-0.2, 0) is 0 Å². The highest BCUT2D eigenvalue weighted by Crippen LogP contribution is 2.26. The summed E-state index contributed by atoms with van der Waals surface area (Å²) in [6.07, 6.45) is 3.94. The lowest BCUT2D eigenvalue weighted by atomic mass is 9.87. The molecule has 0 saturated carbocycles. The van der Waals surface area contributed by atoms with E-state index in [4.69, 9.17) is 5.26 Å². The van der Waals surface area contributed by atoms with Crippen LogP contribution < -0.4 is 5.32 Å². The third kappa shape index (κ3) is 3.79. The van der Waals surface area contributed by atoms with Crippen molar-refractivity contribution in [3.63, 3.8) is 0 Å². The number of nitriles is 1. The standard InChI is InChI=1S/C16H22N2O/c1-2-12-7-8-18-15(9-12)10-16(19)14-5-3-13(11-17)4-6-14/h3-6,12,15-16,18-19H,2,7-10H2,1H3. The maximum atomic E-state index is 10.3. The van der Waals surface area contributed by atoms with E-state index in [1.807, 2.05) is 12.1 Å². The highest BCUT2D eigenvalue weighted by atomic mass is 16.3. The Kier molecular flexibility index (Phi) is 4.95. The van der Waals surface area contributed by atoms with Crippen LogP contribution in [0.4, 0.5) is 0 Å². The minimum atomic E-state index is -0.444. The summed E-state index contributed by atoms with van der Waals surface area (Å²) in [5, 5.41) is 22.5. The van der Waals surface area contributed by atoms with Gasteiger partial charge in [0, 0.05) is 6.04 Å². The zero-order valence-corrected chi connectivity index (χ0v) is 11.5. The Hall–Kier alpha value is -1.37. The lowest BCUT2D eigenvalue weighted by Crippen LogP contribution is -2.38. The number of hydrogen-bond donors (Lipinski definition) is 2. The number of hydrogen-bond acceptors (Lipinski definition) is 3. The van der Waals surface area contributed by atoms with Gasteiger partial charge < -0.3 is 10.4 Å². The molecule has 0 amide bonds. The Morgan fingerprint density at radius 2 is 2.16 bits per heavy atom. The first-order valence-electron chi connectivity index (χ1n) is 7.14. The van der Waals surface area contributed by atoms with Gasteiger partial charge in [-0.2, -0.15) is 5.26 Å². The summed E-state index contributed by atoms with van der Waals surface area (Å²) in [6.45, 7) is 3.30. The van der Waals surface area contributed by atoms with Crippen molar-refractivity contribution in [2.24, 2.45) is 5.92 Å². The van der Waals surface area contributed by atoms with Crippen LogP contribution in [0.15, 0.2) is 24.3 Å². The molecule has 0 bridgehead atoms. The van der Waals surface area contributed by atoms with E-state index in [1.54, 1.807) is 12.1 Å². The maximum Gasteiger partial charge on any atom is 0.0991 e. The Balaban J connectivity index is 1.92. The molecule has 3 unspecified atom stereocenters. The molecule has 1 saturated heterocycles. The van der Waals surface area contributed by atoms with Crippen molar-refractivity contribution in [1.82, 2.24) is 5.32 Å². The van der Waals surface area contributed by atoms with Crippen LogP contribution in [0.5, 0.6) is 0 Å². The van der Waals surface area contributed by atoms with Gasteiger partial charge in [-0.1, -0.05) is 25.5 Å². The van der Waals surface area contributed by atoms with Crippen molar-refractivity contribution in [3.8, 4) is 6.07 Å². The fourth-order valence-electron chi connectivity index (χ4n) is 2.83. The first-order chi connectivity index (χ1) is 9.22. The molecule has 102 valence electrons. The van der Waals surface area contributed by atoms with E-state index in [2.05, 4.69) is 18.3 Å². The minimum Gasteiger partial charge on any atom is -0.388 e. The number of rotatable bonds is 4. The number of piperidine rings is 1. The molecule has 0 radical (unpaired) electrons. The second-order valence-electron chi connectivity index (χ2n) is 5.44. The van der Waals surface area contributed by atoms with Crippen LogP contribution in [0.25, 0.3) is 0 Å². The zero-order chi connectivity index (χ0) is 13.7. The normalized spacial score (nSPS) is 24.7.